The molecule has 22 heavy (non-hydrogen) atoms. The molecule has 2 aromatic rings. The van der Waals surface area contributed by atoms with Gasteiger partial charge in [0.2, 0.25) is 0 Å². The molecule has 0 saturated heterocycles. The lowest BCUT2D eigenvalue weighted by Crippen LogP contribution is -2.16. The number of nitrogens with one attached hydrogen (secondary N) is 1. The number of esters is 1. The molecule has 0 heterocycles. The maximum absolute atomic E-state index is 12.4. The predicted octanol–water partition coefficient (Wildman–Crippen LogP) is 4.42. The van der Waals surface area contributed by atoms with Gasteiger partial charge in [0, 0.05) is 0 Å². The van der Waals surface area contributed by atoms with Crippen molar-refractivity contribution in [1.82, 2.24) is 0 Å². The topological polar surface area (TPSA) is 55.4 Å². The zero-order valence-electron chi connectivity index (χ0n) is 11.7. The average molecular weight is 338 g/mol. The van der Waals surface area contributed by atoms with Crippen LogP contribution in [0.5, 0.6) is 0 Å². The van der Waals surface area contributed by atoms with Crippen molar-refractivity contribution < 1.29 is 14.3 Å². The molecule has 0 bridgehead atoms. The summed E-state index contributed by atoms with van der Waals surface area (Å²) in [6.45, 7) is 1.96. The third-order valence-electron chi connectivity index (χ3n) is 2.86. The summed E-state index contributed by atoms with van der Waals surface area (Å²) >= 11 is 12.0. The van der Waals surface area contributed by atoms with E-state index in [1.165, 1.54) is 0 Å². The van der Waals surface area contributed by atoms with E-state index in [9.17, 15) is 9.59 Å². The first-order chi connectivity index (χ1) is 10.5. The molecule has 114 valence electrons. The molecule has 0 unspecified atom stereocenters. The van der Waals surface area contributed by atoms with Gasteiger partial charge in [-0.3, -0.25) is 4.79 Å². The SMILES string of the molecule is CCOC(=O)c1ccccc1NC(=O)c1c(Cl)cccc1Cl. The van der Waals surface area contributed by atoms with E-state index in [2.05, 4.69) is 5.32 Å². The number of amides is 1. The molecule has 0 atom stereocenters. The number of benzene rings is 2. The summed E-state index contributed by atoms with van der Waals surface area (Å²) in [7, 11) is 0. The number of carbonyl (C=O) groups is 2. The molecule has 0 aromatic heterocycles. The van der Waals surface area contributed by atoms with Crippen LogP contribution < -0.4 is 5.32 Å². The van der Waals surface area contributed by atoms with E-state index in [1.54, 1.807) is 49.4 Å². The minimum atomic E-state index is -0.511. The van der Waals surface area contributed by atoms with Crippen LogP contribution in [0, 0.1) is 0 Å². The lowest BCUT2D eigenvalue weighted by atomic mass is 10.1. The van der Waals surface area contributed by atoms with Gasteiger partial charge in [-0.2, -0.15) is 0 Å². The summed E-state index contributed by atoms with van der Waals surface area (Å²) in [6.07, 6.45) is 0. The van der Waals surface area contributed by atoms with E-state index in [-0.39, 0.29) is 27.8 Å². The minimum absolute atomic E-state index is 0.157. The van der Waals surface area contributed by atoms with Crippen molar-refractivity contribution in [3.05, 3.63) is 63.6 Å². The molecular weight excluding hydrogens is 325 g/mol. The Balaban J connectivity index is 2.31. The van der Waals surface area contributed by atoms with E-state index in [1.807, 2.05) is 0 Å². The number of carbonyl (C=O) groups excluding carboxylic acids is 2. The molecule has 0 saturated carbocycles. The number of rotatable bonds is 4. The second-order valence-corrected chi connectivity index (χ2v) is 5.13. The number of hydrogen-bond acceptors (Lipinski definition) is 3. The number of halogens is 2. The van der Waals surface area contributed by atoms with Gasteiger partial charge in [0.25, 0.3) is 5.91 Å². The van der Waals surface area contributed by atoms with Gasteiger partial charge < -0.3 is 10.1 Å². The fourth-order valence-corrected chi connectivity index (χ4v) is 2.45. The third-order valence-corrected chi connectivity index (χ3v) is 3.49. The molecule has 0 fully saturated rings. The Morgan fingerprint density at radius 3 is 2.32 bits per heavy atom. The Morgan fingerprint density at radius 1 is 1.05 bits per heavy atom. The summed E-state index contributed by atoms with van der Waals surface area (Å²) in [5.41, 5.74) is 0.757. The Kier molecular flexibility index (Phi) is 5.41. The van der Waals surface area contributed by atoms with Gasteiger partial charge in [-0.15, -0.1) is 0 Å². The van der Waals surface area contributed by atoms with E-state index in [4.69, 9.17) is 27.9 Å². The number of ether oxygens (including phenoxy) is 1. The van der Waals surface area contributed by atoms with Gasteiger partial charge in [-0.25, -0.2) is 4.79 Å². The second kappa shape index (κ2) is 7.29. The first kappa shape index (κ1) is 16.3. The van der Waals surface area contributed by atoms with E-state index < -0.39 is 11.9 Å². The molecule has 6 heteroatoms. The zero-order chi connectivity index (χ0) is 16.1. The molecule has 0 aliphatic carbocycles. The van der Waals surface area contributed by atoms with Crippen LogP contribution >= 0.6 is 23.2 Å². The Labute approximate surface area is 138 Å². The van der Waals surface area contributed by atoms with Crippen LogP contribution in [0.2, 0.25) is 10.0 Å². The highest BCUT2D eigenvalue weighted by Gasteiger charge is 2.18. The van der Waals surface area contributed by atoms with Gasteiger partial charge in [-0.1, -0.05) is 41.4 Å². The Bertz CT molecular complexity index is 696. The van der Waals surface area contributed by atoms with Crippen molar-refractivity contribution in [2.75, 3.05) is 11.9 Å². The van der Waals surface area contributed by atoms with Crippen LogP contribution in [0.15, 0.2) is 42.5 Å². The maximum atomic E-state index is 12.4. The second-order valence-electron chi connectivity index (χ2n) is 4.32. The quantitative estimate of drug-likeness (QED) is 0.840. The highest BCUT2D eigenvalue weighted by molar-refractivity contribution is 6.40. The molecule has 0 aliphatic heterocycles. The van der Waals surface area contributed by atoms with Crippen molar-refractivity contribution in [3.8, 4) is 0 Å². The molecule has 2 aromatic carbocycles. The third kappa shape index (κ3) is 3.59. The van der Waals surface area contributed by atoms with Crippen LogP contribution in [0.3, 0.4) is 0 Å². The van der Waals surface area contributed by atoms with Crippen LogP contribution in [-0.4, -0.2) is 18.5 Å². The van der Waals surface area contributed by atoms with Crippen LogP contribution in [-0.2, 0) is 4.74 Å². The lowest BCUT2D eigenvalue weighted by Gasteiger charge is -2.11. The molecular formula is C16H13Cl2NO3. The number of hydrogen-bond donors (Lipinski definition) is 1. The van der Waals surface area contributed by atoms with E-state index in [0.29, 0.717) is 5.69 Å². The van der Waals surface area contributed by atoms with Crippen molar-refractivity contribution >= 4 is 40.8 Å². The highest BCUT2D eigenvalue weighted by Crippen LogP contribution is 2.26. The molecule has 0 aliphatic rings. The van der Waals surface area contributed by atoms with E-state index in [0.717, 1.165) is 0 Å². The standard InChI is InChI=1S/C16H13Cl2NO3/c1-2-22-16(21)10-6-3-4-9-13(10)19-15(20)14-11(17)7-5-8-12(14)18/h3-9H,2H2,1H3,(H,19,20). The van der Waals surface area contributed by atoms with Gasteiger partial charge in [0.1, 0.15) is 0 Å². The Morgan fingerprint density at radius 2 is 1.68 bits per heavy atom. The molecule has 2 rings (SSSR count). The minimum Gasteiger partial charge on any atom is -0.462 e. The summed E-state index contributed by atoms with van der Waals surface area (Å²) in [6, 6.07) is 11.3. The molecule has 0 radical (unpaired) electrons. The summed E-state index contributed by atoms with van der Waals surface area (Å²) in [5, 5.41) is 3.11. The molecule has 0 spiro atoms. The van der Waals surface area contributed by atoms with Crippen molar-refractivity contribution in [1.29, 1.82) is 0 Å². The lowest BCUT2D eigenvalue weighted by molar-refractivity contribution is 0.0527. The summed E-state index contributed by atoms with van der Waals surface area (Å²) in [4.78, 5) is 24.2. The van der Waals surface area contributed by atoms with Crippen molar-refractivity contribution in [3.63, 3.8) is 0 Å². The largest absolute Gasteiger partial charge is 0.462 e. The van der Waals surface area contributed by atoms with Gasteiger partial charge in [-0.05, 0) is 31.2 Å². The summed E-state index contributed by atoms with van der Waals surface area (Å²) < 4.78 is 4.96. The van der Waals surface area contributed by atoms with Gasteiger partial charge in [0.05, 0.1) is 33.5 Å². The van der Waals surface area contributed by atoms with Gasteiger partial charge in [0.15, 0.2) is 0 Å². The van der Waals surface area contributed by atoms with Gasteiger partial charge >= 0.3 is 5.97 Å². The zero-order valence-corrected chi connectivity index (χ0v) is 13.2. The molecule has 1 amide bonds. The van der Waals surface area contributed by atoms with Crippen molar-refractivity contribution in [2.24, 2.45) is 0 Å². The van der Waals surface area contributed by atoms with Crippen LogP contribution in [0.1, 0.15) is 27.6 Å². The summed E-state index contributed by atoms with van der Waals surface area (Å²) in [5.74, 6) is -1.00. The van der Waals surface area contributed by atoms with Crippen LogP contribution in [0.4, 0.5) is 5.69 Å². The monoisotopic (exact) mass is 337 g/mol. The highest BCUT2D eigenvalue weighted by atomic mass is 35.5. The maximum Gasteiger partial charge on any atom is 0.340 e. The molecule has 4 nitrogen and oxygen atoms in total. The fourth-order valence-electron chi connectivity index (χ4n) is 1.88. The van der Waals surface area contributed by atoms with E-state index >= 15 is 0 Å². The number of para-hydroxylation sites is 1. The first-order valence-corrected chi connectivity index (χ1v) is 7.31. The average Bonchev–Trinajstić information content (AvgIpc) is 2.47. The fraction of sp³-hybridized carbons (Fsp3) is 0.125. The predicted molar refractivity (Wildman–Crippen MR) is 86.8 cm³/mol. The Hall–Kier alpha value is -2.04. The normalized spacial score (nSPS) is 10.1. The smallest absolute Gasteiger partial charge is 0.340 e. The van der Waals surface area contributed by atoms with Crippen LogP contribution in [0.25, 0.3) is 0 Å². The molecule has 1 N–H and O–H groups in total. The number of anilines is 1. The van der Waals surface area contributed by atoms with Crippen molar-refractivity contribution in [2.45, 2.75) is 6.92 Å². The first-order valence-electron chi connectivity index (χ1n) is 6.56.